The van der Waals surface area contributed by atoms with Crippen LogP contribution in [-0.4, -0.2) is 23.1 Å². The second-order valence-corrected chi connectivity index (χ2v) is 3.92. The van der Waals surface area contributed by atoms with Crippen LogP contribution in [0.2, 0.25) is 0 Å². The molecule has 0 fully saturated rings. The van der Waals surface area contributed by atoms with Crippen molar-refractivity contribution >= 4 is 5.78 Å². The highest BCUT2D eigenvalue weighted by atomic mass is 16.5. The van der Waals surface area contributed by atoms with Gasteiger partial charge < -0.3 is 9.84 Å². The summed E-state index contributed by atoms with van der Waals surface area (Å²) >= 11 is 0. The summed E-state index contributed by atoms with van der Waals surface area (Å²) in [4.78, 5) is 11.9. The lowest BCUT2D eigenvalue weighted by Crippen LogP contribution is -2.41. The first kappa shape index (κ1) is 10.9. The average Bonchev–Trinajstić information content (AvgIpc) is 2.27. The molecular formula is C13H14O3. The largest absolute Gasteiger partial charge is 0.482 e. The number of aryl methyl sites for hydroxylation is 1. The fourth-order valence-electron chi connectivity index (χ4n) is 1.79. The van der Waals surface area contributed by atoms with Crippen molar-refractivity contribution in [3.05, 3.63) is 41.5 Å². The maximum absolute atomic E-state index is 11.9. The summed E-state index contributed by atoms with van der Waals surface area (Å²) in [6.45, 7) is 3.73. The molecule has 1 heterocycles. The van der Waals surface area contributed by atoms with Gasteiger partial charge >= 0.3 is 0 Å². The molecule has 1 aliphatic rings. The molecule has 1 aliphatic heterocycles. The molecule has 2 atom stereocenters. The fourth-order valence-corrected chi connectivity index (χ4v) is 1.79. The first-order chi connectivity index (χ1) is 7.63. The number of ether oxygens (including phenoxy) is 1. The van der Waals surface area contributed by atoms with Crippen molar-refractivity contribution in [3.63, 3.8) is 0 Å². The SMILES string of the molecule is CC=CC1Oc2ccc(C)cc2C(=O)C1O. The Bertz CT molecular complexity index is 448. The van der Waals surface area contributed by atoms with E-state index in [0.717, 1.165) is 5.56 Å². The predicted octanol–water partition coefficient (Wildman–Crippen LogP) is 1.88. The Kier molecular flexibility index (Phi) is 2.79. The van der Waals surface area contributed by atoms with E-state index in [0.29, 0.717) is 11.3 Å². The molecular weight excluding hydrogens is 204 g/mol. The summed E-state index contributed by atoms with van der Waals surface area (Å²) in [5, 5.41) is 9.78. The van der Waals surface area contributed by atoms with E-state index in [1.54, 1.807) is 24.3 Å². The van der Waals surface area contributed by atoms with E-state index < -0.39 is 12.2 Å². The van der Waals surface area contributed by atoms with Gasteiger partial charge in [-0.1, -0.05) is 17.7 Å². The minimum absolute atomic E-state index is 0.270. The molecule has 2 unspecified atom stereocenters. The number of carbonyl (C=O) groups is 1. The zero-order valence-electron chi connectivity index (χ0n) is 9.31. The number of benzene rings is 1. The first-order valence-corrected chi connectivity index (χ1v) is 5.26. The van der Waals surface area contributed by atoms with E-state index in [4.69, 9.17) is 4.74 Å². The van der Waals surface area contributed by atoms with Crippen LogP contribution >= 0.6 is 0 Å². The van der Waals surface area contributed by atoms with Gasteiger partial charge in [0.2, 0.25) is 0 Å². The minimum atomic E-state index is -1.11. The molecule has 0 radical (unpaired) electrons. The molecule has 0 aliphatic carbocycles. The molecule has 1 N–H and O–H groups in total. The molecule has 3 heteroatoms. The zero-order valence-corrected chi connectivity index (χ0v) is 9.31. The lowest BCUT2D eigenvalue weighted by atomic mass is 9.96. The van der Waals surface area contributed by atoms with Gasteiger partial charge in [0, 0.05) is 0 Å². The molecule has 0 amide bonds. The van der Waals surface area contributed by atoms with Gasteiger partial charge in [-0.2, -0.15) is 0 Å². The highest BCUT2D eigenvalue weighted by Crippen LogP contribution is 2.29. The van der Waals surface area contributed by atoms with Crippen LogP contribution in [0.1, 0.15) is 22.8 Å². The van der Waals surface area contributed by atoms with Gasteiger partial charge in [-0.05, 0) is 32.1 Å². The molecule has 0 saturated carbocycles. The molecule has 0 aromatic heterocycles. The van der Waals surface area contributed by atoms with Crippen molar-refractivity contribution in [2.24, 2.45) is 0 Å². The Labute approximate surface area is 94.4 Å². The van der Waals surface area contributed by atoms with Crippen molar-refractivity contribution in [2.75, 3.05) is 0 Å². The monoisotopic (exact) mass is 218 g/mol. The number of allylic oxidation sites excluding steroid dienone is 1. The maximum atomic E-state index is 11.9. The van der Waals surface area contributed by atoms with Gasteiger partial charge in [0.05, 0.1) is 5.56 Å². The average molecular weight is 218 g/mol. The second kappa shape index (κ2) is 4.10. The number of hydrogen-bond acceptors (Lipinski definition) is 3. The Morgan fingerprint density at radius 1 is 1.44 bits per heavy atom. The molecule has 0 bridgehead atoms. The lowest BCUT2D eigenvalue weighted by molar-refractivity contribution is 0.0378. The number of ketones is 1. The molecule has 2 rings (SSSR count). The van der Waals surface area contributed by atoms with Gasteiger partial charge in [-0.25, -0.2) is 0 Å². The second-order valence-electron chi connectivity index (χ2n) is 3.92. The van der Waals surface area contributed by atoms with Crippen molar-refractivity contribution in [1.29, 1.82) is 0 Å². The summed E-state index contributed by atoms with van der Waals surface area (Å²) in [7, 11) is 0. The Balaban J connectivity index is 2.44. The molecule has 1 aromatic carbocycles. The lowest BCUT2D eigenvalue weighted by Gasteiger charge is -2.27. The van der Waals surface area contributed by atoms with Gasteiger partial charge in [-0.3, -0.25) is 4.79 Å². The van der Waals surface area contributed by atoms with E-state index in [9.17, 15) is 9.90 Å². The Morgan fingerprint density at radius 2 is 2.19 bits per heavy atom. The van der Waals surface area contributed by atoms with Crippen LogP contribution in [0.15, 0.2) is 30.4 Å². The van der Waals surface area contributed by atoms with E-state index >= 15 is 0 Å². The predicted molar refractivity (Wildman–Crippen MR) is 60.7 cm³/mol. The van der Waals surface area contributed by atoms with Crippen LogP contribution < -0.4 is 4.74 Å². The van der Waals surface area contributed by atoms with Crippen molar-refractivity contribution in [3.8, 4) is 5.75 Å². The molecule has 3 nitrogen and oxygen atoms in total. The normalized spacial score (nSPS) is 24.3. The molecule has 0 saturated heterocycles. The molecule has 0 spiro atoms. The van der Waals surface area contributed by atoms with E-state index in [-0.39, 0.29) is 5.78 Å². The standard InChI is InChI=1S/C13H14O3/c1-3-4-11-13(15)12(14)9-7-8(2)5-6-10(9)16-11/h3-7,11,13,15H,1-2H3. The summed E-state index contributed by atoms with van der Waals surface area (Å²) < 4.78 is 5.55. The van der Waals surface area contributed by atoms with Crippen molar-refractivity contribution < 1.29 is 14.6 Å². The molecule has 16 heavy (non-hydrogen) atoms. The van der Waals surface area contributed by atoms with Gasteiger partial charge in [-0.15, -0.1) is 0 Å². The summed E-state index contributed by atoms with van der Waals surface area (Å²) in [6, 6.07) is 5.40. The first-order valence-electron chi connectivity index (χ1n) is 5.26. The highest BCUT2D eigenvalue weighted by molar-refractivity contribution is 6.03. The van der Waals surface area contributed by atoms with Crippen LogP contribution in [-0.2, 0) is 0 Å². The van der Waals surface area contributed by atoms with Crippen LogP contribution in [0.4, 0.5) is 0 Å². The quantitative estimate of drug-likeness (QED) is 0.732. The fraction of sp³-hybridized carbons (Fsp3) is 0.308. The smallest absolute Gasteiger partial charge is 0.199 e. The Morgan fingerprint density at radius 3 is 2.88 bits per heavy atom. The third kappa shape index (κ3) is 1.74. The molecule has 84 valence electrons. The number of Topliss-reactive ketones (excluding diaryl/α,β-unsaturated/α-hetero) is 1. The van der Waals surface area contributed by atoms with Gasteiger partial charge in [0.15, 0.2) is 18.0 Å². The number of carbonyl (C=O) groups excluding carboxylic acids is 1. The van der Waals surface area contributed by atoms with Crippen LogP contribution in [0.25, 0.3) is 0 Å². The Hall–Kier alpha value is -1.61. The summed E-state index contributed by atoms with van der Waals surface area (Å²) in [5.74, 6) is 0.275. The number of aliphatic hydroxyl groups is 1. The third-order valence-corrected chi connectivity index (χ3v) is 2.63. The van der Waals surface area contributed by atoms with Crippen molar-refractivity contribution in [2.45, 2.75) is 26.1 Å². The number of fused-ring (bicyclic) bond motifs is 1. The maximum Gasteiger partial charge on any atom is 0.199 e. The van der Waals surface area contributed by atoms with E-state index in [1.165, 1.54) is 0 Å². The number of rotatable bonds is 1. The minimum Gasteiger partial charge on any atom is -0.482 e. The van der Waals surface area contributed by atoms with Gasteiger partial charge in [0.25, 0.3) is 0 Å². The van der Waals surface area contributed by atoms with E-state index in [1.807, 2.05) is 19.9 Å². The summed E-state index contributed by atoms with van der Waals surface area (Å²) in [5.41, 5.74) is 1.45. The number of hydrogen-bond donors (Lipinski definition) is 1. The number of aliphatic hydroxyl groups excluding tert-OH is 1. The van der Waals surface area contributed by atoms with Crippen LogP contribution in [0.3, 0.4) is 0 Å². The third-order valence-electron chi connectivity index (χ3n) is 2.63. The summed E-state index contributed by atoms with van der Waals surface area (Å²) in [6.07, 6.45) is 1.77. The topological polar surface area (TPSA) is 46.5 Å². The van der Waals surface area contributed by atoms with Crippen LogP contribution in [0.5, 0.6) is 5.75 Å². The highest BCUT2D eigenvalue weighted by Gasteiger charge is 2.34. The molecule has 1 aromatic rings. The van der Waals surface area contributed by atoms with Crippen LogP contribution in [0, 0.1) is 6.92 Å². The zero-order chi connectivity index (χ0) is 11.7. The van der Waals surface area contributed by atoms with E-state index in [2.05, 4.69) is 0 Å². The van der Waals surface area contributed by atoms with Crippen molar-refractivity contribution in [1.82, 2.24) is 0 Å². The van der Waals surface area contributed by atoms with Gasteiger partial charge in [0.1, 0.15) is 5.75 Å².